The standard InChI is InChI=1S/C22H20F2N8O2S/c1-22(2)9-30(10-22)8-15(33)27-12-3-13-17(25-5-12)18-16(19(34)28-13)20-31(29-18)7-14(35-20)11-4-26-32(6-11)21(23)24/h3-7,21H,8-10H2,1-2H3,(H,27,33)(H,28,34). The Balaban J connectivity index is 1.31. The number of likely N-dealkylation sites (tertiary alicyclic amines) is 1. The van der Waals surface area contributed by atoms with Crippen LogP contribution in [0.5, 0.6) is 0 Å². The van der Waals surface area contributed by atoms with E-state index in [0.717, 1.165) is 13.1 Å². The molecule has 0 bridgehead atoms. The van der Waals surface area contributed by atoms with E-state index in [1.807, 2.05) is 0 Å². The Bertz CT molecular complexity index is 1670. The highest BCUT2D eigenvalue weighted by molar-refractivity contribution is 7.21. The summed E-state index contributed by atoms with van der Waals surface area (Å²) in [6.07, 6.45) is 5.80. The second-order valence-electron chi connectivity index (χ2n) is 9.49. The number of halogens is 2. The lowest BCUT2D eigenvalue weighted by atomic mass is 9.84. The van der Waals surface area contributed by atoms with Crippen LogP contribution in [-0.4, -0.2) is 59.8 Å². The van der Waals surface area contributed by atoms with E-state index in [2.05, 4.69) is 44.2 Å². The van der Waals surface area contributed by atoms with Gasteiger partial charge in [0, 0.05) is 31.0 Å². The van der Waals surface area contributed by atoms with Crippen LogP contribution in [0.15, 0.2) is 35.6 Å². The van der Waals surface area contributed by atoms with E-state index in [9.17, 15) is 18.4 Å². The number of thiazole rings is 1. The summed E-state index contributed by atoms with van der Waals surface area (Å²) in [5.41, 5.74) is 2.24. The second kappa shape index (κ2) is 7.65. The Morgan fingerprint density at radius 1 is 1.26 bits per heavy atom. The second-order valence-corrected chi connectivity index (χ2v) is 10.5. The molecule has 0 aromatic carbocycles. The molecule has 35 heavy (non-hydrogen) atoms. The summed E-state index contributed by atoms with van der Waals surface area (Å²) in [4.78, 5) is 35.9. The molecule has 6 rings (SSSR count). The maximum absolute atomic E-state index is 13.0. The Kier molecular flexibility index (Phi) is 4.76. The van der Waals surface area contributed by atoms with Gasteiger partial charge in [-0.1, -0.05) is 13.8 Å². The van der Waals surface area contributed by atoms with Gasteiger partial charge in [0.25, 0.3) is 5.56 Å². The number of anilines is 1. The number of H-pyrrole nitrogens is 1. The van der Waals surface area contributed by atoms with Crippen molar-refractivity contribution < 1.29 is 13.6 Å². The van der Waals surface area contributed by atoms with Gasteiger partial charge in [0.15, 0.2) is 0 Å². The van der Waals surface area contributed by atoms with E-state index >= 15 is 0 Å². The fourth-order valence-corrected chi connectivity index (χ4v) is 5.67. The number of alkyl halides is 2. The Hall–Kier alpha value is -3.71. The third kappa shape index (κ3) is 3.76. The number of rotatable bonds is 5. The van der Waals surface area contributed by atoms with E-state index in [-0.39, 0.29) is 16.9 Å². The molecule has 10 nitrogen and oxygen atoms in total. The van der Waals surface area contributed by atoms with Gasteiger partial charge in [0.1, 0.15) is 21.3 Å². The molecule has 2 N–H and O–H groups in total. The molecule has 5 aromatic heterocycles. The number of carbonyl (C=O) groups is 1. The number of pyridine rings is 2. The van der Waals surface area contributed by atoms with Crippen LogP contribution in [0.2, 0.25) is 0 Å². The summed E-state index contributed by atoms with van der Waals surface area (Å²) >= 11 is 1.25. The van der Waals surface area contributed by atoms with Gasteiger partial charge in [0.2, 0.25) is 5.91 Å². The van der Waals surface area contributed by atoms with Gasteiger partial charge in [-0.15, -0.1) is 11.3 Å². The van der Waals surface area contributed by atoms with Crippen LogP contribution in [0.25, 0.3) is 37.2 Å². The maximum atomic E-state index is 13.0. The molecule has 0 spiro atoms. The zero-order valence-electron chi connectivity index (χ0n) is 18.7. The summed E-state index contributed by atoms with van der Waals surface area (Å²) in [5, 5.41) is 11.4. The molecule has 1 amide bonds. The van der Waals surface area contributed by atoms with E-state index in [1.165, 1.54) is 29.9 Å². The molecule has 180 valence electrons. The molecule has 5 aromatic rings. The molecule has 13 heteroatoms. The monoisotopic (exact) mass is 498 g/mol. The van der Waals surface area contributed by atoms with Crippen molar-refractivity contribution >= 4 is 49.7 Å². The van der Waals surface area contributed by atoms with Gasteiger partial charge in [-0.25, -0.2) is 9.20 Å². The van der Waals surface area contributed by atoms with Crippen molar-refractivity contribution in [2.45, 2.75) is 20.4 Å². The van der Waals surface area contributed by atoms with E-state index < -0.39 is 6.55 Å². The lowest BCUT2D eigenvalue weighted by Crippen LogP contribution is -2.54. The minimum atomic E-state index is -2.73. The van der Waals surface area contributed by atoms with Crippen LogP contribution >= 0.6 is 11.3 Å². The molecular weight excluding hydrogens is 478 g/mol. The molecule has 0 saturated carbocycles. The Morgan fingerprint density at radius 2 is 2.06 bits per heavy atom. The molecule has 1 saturated heterocycles. The average molecular weight is 499 g/mol. The number of nitrogens with zero attached hydrogens (tertiary/aromatic N) is 6. The smallest absolute Gasteiger partial charge is 0.324 e. The van der Waals surface area contributed by atoms with Gasteiger partial charge < -0.3 is 10.3 Å². The molecule has 0 atom stereocenters. The zero-order valence-corrected chi connectivity index (χ0v) is 19.6. The highest BCUT2D eigenvalue weighted by Crippen LogP contribution is 2.33. The van der Waals surface area contributed by atoms with Crippen LogP contribution in [0.4, 0.5) is 14.5 Å². The lowest BCUT2D eigenvalue weighted by molar-refractivity contribution is -0.120. The van der Waals surface area contributed by atoms with Crippen molar-refractivity contribution in [1.29, 1.82) is 0 Å². The number of aromatic amines is 1. The van der Waals surface area contributed by atoms with Crippen molar-refractivity contribution in [3.8, 4) is 10.4 Å². The maximum Gasteiger partial charge on any atom is 0.333 e. The third-order valence-corrected chi connectivity index (χ3v) is 7.09. The van der Waals surface area contributed by atoms with Crippen molar-refractivity contribution in [3.05, 3.63) is 41.2 Å². The highest BCUT2D eigenvalue weighted by atomic mass is 32.1. The molecule has 1 aliphatic rings. The number of hydrogen-bond donors (Lipinski definition) is 2. The fourth-order valence-electron chi connectivity index (χ4n) is 4.60. The Labute approximate surface area is 200 Å². The number of carbonyl (C=O) groups excluding carboxylic acids is 1. The SMILES string of the molecule is CC1(C)CN(CC(=O)Nc2cnc3c(c2)[nH]c(=O)c2c3nn3cc(-c4cnn(C(F)F)c4)sc23)C1. The molecule has 0 unspecified atom stereocenters. The largest absolute Gasteiger partial charge is 0.333 e. The van der Waals surface area contributed by atoms with Gasteiger partial charge >= 0.3 is 6.55 Å². The zero-order chi connectivity index (χ0) is 24.5. The number of amides is 1. The first-order valence-corrected chi connectivity index (χ1v) is 11.7. The molecule has 6 heterocycles. The van der Waals surface area contributed by atoms with Crippen LogP contribution in [0.1, 0.15) is 20.4 Å². The van der Waals surface area contributed by atoms with Gasteiger partial charge in [-0.2, -0.15) is 19.0 Å². The predicted molar refractivity (Wildman–Crippen MR) is 128 cm³/mol. The number of hydrogen-bond acceptors (Lipinski definition) is 7. The quantitative estimate of drug-likeness (QED) is 0.384. The van der Waals surface area contributed by atoms with E-state index in [0.29, 0.717) is 54.1 Å². The van der Waals surface area contributed by atoms with E-state index in [1.54, 1.807) is 16.8 Å². The first-order chi connectivity index (χ1) is 16.7. The Morgan fingerprint density at radius 3 is 2.77 bits per heavy atom. The van der Waals surface area contributed by atoms with Gasteiger partial charge in [-0.3, -0.25) is 19.5 Å². The molecule has 0 aliphatic carbocycles. The van der Waals surface area contributed by atoms with Crippen LogP contribution < -0.4 is 10.9 Å². The molecular formula is C22H20F2N8O2S. The summed E-state index contributed by atoms with van der Waals surface area (Å²) in [6, 6.07) is 1.67. The molecule has 1 fully saturated rings. The fraction of sp³-hybridized carbons (Fsp3) is 0.318. The number of nitrogens with one attached hydrogen (secondary N) is 2. The minimum Gasteiger partial charge on any atom is -0.324 e. The van der Waals surface area contributed by atoms with Crippen molar-refractivity contribution in [1.82, 2.24) is 34.3 Å². The first kappa shape index (κ1) is 21.8. The van der Waals surface area contributed by atoms with Crippen molar-refractivity contribution in [2.24, 2.45) is 5.41 Å². The summed E-state index contributed by atoms with van der Waals surface area (Å²) in [7, 11) is 0. The third-order valence-electron chi connectivity index (χ3n) is 5.94. The molecule has 0 radical (unpaired) electrons. The summed E-state index contributed by atoms with van der Waals surface area (Å²) in [5.74, 6) is -0.143. The highest BCUT2D eigenvalue weighted by Gasteiger charge is 2.34. The topological polar surface area (TPSA) is 113 Å². The van der Waals surface area contributed by atoms with Gasteiger partial charge in [-0.05, 0) is 11.5 Å². The number of aromatic nitrogens is 6. The average Bonchev–Trinajstić information content (AvgIpc) is 3.46. The van der Waals surface area contributed by atoms with Crippen molar-refractivity contribution in [2.75, 3.05) is 25.0 Å². The van der Waals surface area contributed by atoms with E-state index in [4.69, 9.17) is 0 Å². The van der Waals surface area contributed by atoms with Crippen LogP contribution in [0, 0.1) is 5.41 Å². The van der Waals surface area contributed by atoms with Crippen molar-refractivity contribution in [3.63, 3.8) is 0 Å². The van der Waals surface area contributed by atoms with Gasteiger partial charge in [0.05, 0.1) is 35.0 Å². The summed E-state index contributed by atoms with van der Waals surface area (Å²) in [6.45, 7) is 3.63. The summed E-state index contributed by atoms with van der Waals surface area (Å²) < 4.78 is 27.8. The molecule has 1 aliphatic heterocycles. The minimum absolute atomic E-state index is 0.143. The van der Waals surface area contributed by atoms with Crippen LogP contribution in [-0.2, 0) is 4.79 Å². The van der Waals surface area contributed by atoms with Crippen LogP contribution in [0.3, 0.4) is 0 Å². The first-order valence-electron chi connectivity index (χ1n) is 10.9. The normalized spacial score (nSPS) is 15.9. The predicted octanol–water partition coefficient (Wildman–Crippen LogP) is 3.32. The lowest BCUT2D eigenvalue weighted by Gasteiger charge is -2.45. The number of fused-ring (bicyclic) bond motifs is 5.